The van der Waals surface area contributed by atoms with E-state index in [1.165, 1.54) is 0 Å². The molecule has 16 heavy (non-hydrogen) atoms. The number of hydrogen-bond acceptors (Lipinski definition) is 4. The highest BCUT2D eigenvalue weighted by molar-refractivity contribution is 5.90. The van der Waals surface area contributed by atoms with Crippen LogP contribution in [-0.4, -0.2) is 15.9 Å². The lowest BCUT2D eigenvalue weighted by Crippen LogP contribution is -2.10. The number of hydrogen-bond donors (Lipinski definition) is 0. The van der Waals surface area contributed by atoms with Crippen LogP contribution in [0.1, 0.15) is 15.9 Å². The van der Waals surface area contributed by atoms with Crippen molar-refractivity contribution in [2.75, 3.05) is 0 Å². The van der Waals surface area contributed by atoms with Crippen molar-refractivity contribution in [2.45, 2.75) is 6.92 Å². The molecule has 0 saturated carbocycles. The summed E-state index contributed by atoms with van der Waals surface area (Å²) in [5.74, 6) is -0.454. The molecule has 4 heteroatoms. The number of benzene rings is 1. The van der Waals surface area contributed by atoms with E-state index in [1.54, 1.807) is 36.7 Å². The fraction of sp³-hybridized carbons (Fsp3) is 0.0833. The third-order valence-electron chi connectivity index (χ3n) is 1.95. The molecule has 0 aliphatic rings. The van der Waals surface area contributed by atoms with E-state index >= 15 is 0 Å². The molecular weight excluding hydrogens is 204 g/mol. The number of carbonyl (C=O) groups excluding carboxylic acids is 1. The van der Waals surface area contributed by atoms with Gasteiger partial charge in [-0.2, -0.15) is 0 Å². The van der Waals surface area contributed by atoms with E-state index in [0.29, 0.717) is 5.56 Å². The van der Waals surface area contributed by atoms with Gasteiger partial charge in [0.25, 0.3) is 0 Å². The molecule has 1 aromatic heterocycles. The molecule has 0 unspecified atom stereocenters. The quantitative estimate of drug-likeness (QED) is 0.717. The summed E-state index contributed by atoms with van der Waals surface area (Å²) in [6, 6.07) is 8.80. The van der Waals surface area contributed by atoms with E-state index in [0.717, 1.165) is 5.56 Å². The van der Waals surface area contributed by atoms with Crippen LogP contribution in [0.2, 0.25) is 0 Å². The molecule has 2 rings (SSSR count). The SMILES string of the molecule is Cc1cnc(OC(=O)c2ccccc2)nc1. The largest absolute Gasteiger partial charge is 0.387 e. The molecule has 0 fully saturated rings. The topological polar surface area (TPSA) is 52.1 Å². The number of aromatic nitrogens is 2. The Morgan fingerprint density at radius 1 is 1.12 bits per heavy atom. The number of esters is 1. The molecule has 0 radical (unpaired) electrons. The smallest absolute Gasteiger partial charge is 0.345 e. The van der Waals surface area contributed by atoms with Gasteiger partial charge in [-0.15, -0.1) is 0 Å². The second-order valence-corrected chi connectivity index (χ2v) is 3.30. The van der Waals surface area contributed by atoms with Crippen molar-refractivity contribution < 1.29 is 9.53 Å². The van der Waals surface area contributed by atoms with Gasteiger partial charge in [0, 0.05) is 12.4 Å². The van der Waals surface area contributed by atoms with Crippen molar-refractivity contribution >= 4 is 5.97 Å². The molecule has 0 saturated heterocycles. The molecule has 4 nitrogen and oxygen atoms in total. The van der Waals surface area contributed by atoms with Crippen molar-refractivity contribution in [1.82, 2.24) is 9.97 Å². The van der Waals surface area contributed by atoms with Gasteiger partial charge in [0.15, 0.2) is 0 Å². The highest BCUT2D eigenvalue weighted by Crippen LogP contribution is 2.06. The summed E-state index contributed by atoms with van der Waals surface area (Å²) in [7, 11) is 0. The zero-order valence-corrected chi connectivity index (χ0v) is 8.75. The predicted octanol–water partition coefficient (Wildman–Crippen LogP) is 2.00. The predicted molar refractivity (Wildman–Crippen MR) is 58.2 cm³/mol. The average Bonchev–Trinajstić information content (AvgIpc) is 2.33. The molecule has 0 amide bonds. The van der Waals surface area contributed by atoms with E-state index < -0.39 is 5.97 Å². The molecule has 0 bridgehead atoms. The number of carbonyl (C=O) groups is 1. The average molecular weight is 214 g/mol. The molecular formula is C12H10N2O2. The van der Waals surface area contributed by atoms with Gasteiger partial charge in [0.2, 0.25) is 0 Å². The van der Waals surface area contributed by atoms with Crippen LogP contribution in [0.5, 0.6) is 6.01 Å². The maximum Gasteiger partial charge on any atom is 0.345 e. The highest BCUT2D eigenvalue weighted by Gasteiger charge is 2.08. The van der Waals surface area contributed by atoms with Crippen molar-refractivity contribution in [3.05, 3.63) is 53.9 Å². The summed E-state index contributed by atoms with van der Waals surface area (Å²) in [6.07, 6.45) is 3.20. The van der Waals surface area contributed by atoms with E-state index in [-0.39, 0.29) is 6.01 Å². The summed E-state index contributed by atoms with van der Waals surface area (Å²) in [5, 5.41) is 0. The Morgan fingerprint density at radius 3 is 2.38 bits per heavy atom. The Morgan fingerprint density at radius 2 is 1.75 bits per heavy atom. The Balaban J connectivity index is 2.11. The maximum absolute atomic E-state index is 11.6. The van der Waals surface area contributed by atoms with Gasteiger partial charge in [-0.05, 0) is 24.6 Å². The molecule has 0 spiro atoms. The third-order valence-corrected chi connectivity index (χ3v) is 1.95. The monoisotopic (exact) mass is 214 g/mol. The lowest BCUT2D eigenvalue weighted by atomic mass is 10.2. The van der Waals surface area contributed by atoms with Crippen LogP contribution in [-0.2, 0) is 0 Å². The van der Waals surface area contributed by atoms with Crippen molar-refractivity contribution in [1.29, 1.82) is 0 Å². The summed E-state index contributed by atoms with van der Waals surface area (Å²) in [6.45, 7) is 1.86. The Hall–Kier alpha value is -2.23. The summed E-state index contributed by atoms with van der Waals surface area (Å²) in [4.78, 5) is 19.4. The van der Waals surface area contributed by atoms with Crippen LogP contribution in [0.15, 0.2) is 42.7 Å². The summed E-state index contributed by atoms with van der Waals surface area (Å²) in [5.41, 5.74) is 1.39. The van der Waals surface area contributed by atoms with Crippen molar-refractivity contribution in [3.8, 4) is 6.01 Å². The second-order valence-electron chi connectivity index (χ2n) is 3.30. The lowest BCUT2D eigenvalue weighted by Gasteiger charge is -2.01. The minimum Gasteiger partial charge on any atom is -0.387 e. The van der Waals surface area contributed by atoms with Crippen LogP contribution in [0.25, 0.3) is 0 Å². The van der Waals surface area contributed by atoms with E-state index in [9.17, 15) is 4.79 Å². The van der Waals surface area contributed by atoms with E-state index in [4.69, 9.17) is 4.74 Å². The normalized spacial score (nSPS) is 9.81. The molecule has 0 N–H and O–H groups in total. The molecule has 2 aromatic rings. The molecule has 1 aromatic carbocycles. The van der Waals surface area contributed by atoms with Gasteiger partial charge < -0.3 is 4.74 Å². The number of nitrogens with zero attached hydrogens (tertiary/aromatic N) is 2. The first kappa shape index (κ1) is 10.3. The third kappa shape index (κ3) is 2.42. The van der Waals surface area contributed by atoms with Crippen LogP contribution in [0.3, 0.4) is 0 Å². The van der Waals surface area contributed by atoms with E-state index in [2.05, 4.69) is 9.97 Å². The zero-order valence-electron chi connectivity index (χ0n) is 8.75. The minimum atomic E-state index is -0.454. The van der Waals surface area contributed by atoms with Gasteiger partial charge in [0.1, 0.15) is 0 Å². The lowest BCUT2D eigenvalue weighted by molar-refractivity contribution is 0.0719. The fourth-order valence-corrected chi connectivity index (χ4v) is 1.15. The van der Waals surface area contributed by atoms with Crippen LogP contribution in [0, 0.1) is 6.92 Å². The van der Waals surface area contributed by atoms with Gasteiger partial charge in [-0.25, -0.2) is 14.8 Å². The molecule has 0 aliphatic heterocycles. The number of ether oxygens (including phenoxy) is 1. The first-order valence-electron chi connectivity index (χ1n) is 4.81. The van der Waals surface area contributed by atoms with E-state index in [1.807, 2.05) is 13.0 Å². The van der Waals surface area contributed by atoms with Crippen molar-refractivity contribution in [3.63, 3.8) is 0 Å². The number of aryl methyl sites for hydroxylation is 1. The zero-order chi connectivity index (χ0) is 11.4. The van der Waals surface area contributed by atoms with Gasteiger partial charge >= 0.3 is 12.0 Å². The maximum atomic E-state index is 11.6. The standard InChI is InChI=1S/C12H10N2O2/c1-9-7-13-12(14-8-9)16-11(15)10-5-3-2-4-6-10/h2-8H,1H3. The highest BCUT2D eigenvalue weighted by atomic mass is 16.5. The van der Waals surface area contributed by atoms with Crippen molar-refractivity contribution in [2.24, 2.45) is 0 Å². The Kier molecular flexibility index (Phi) is 2.91. The van der Waals surface area contributed by atoms with Crippen LogP contribution >= 0.6 is 0 Å². The Labute approximate surface area is 92.9 Å². The van der Waals surface area contributed by atoms with Crippen LogP contribution in [0.4, 0.5) is 0 Å². The first-order chi connectivity index (χ1) is 7.75. The fourth-order valence-electron chi connectivity index (χ4n) is 1.15. The van der Waals surface area contributed by atoms with Crippen LogP contribution < -0.4 is 4.74 Å². The summed E-state index contributed by atoms with van der Waals surface area (Å²) >= 11 is 0. The Bertz CT molecular complexity index is 480. The van der Waals surface area contributed by atoms with Gasteiger partial charge in [-0.3, -0.25) is 0 Å². The molecule has 0 aliphatic carbocycles. The number of rotatable bonds is 2. The van der Waals surface area contributed by atoms with Gasteiger partial charge in [0.05, 0.1) is 5.56 Å². The van der Waals surface area contributed by atoms with Gasteiger partial charge in [-0.1, -0.05) is 18.2 Å². The minimum absolute atomic E-state index is 0.0689. The first-order valence-corrected chi connectivity index (χ1v) is 4.81. The summed E-state index contributed by atoms with van der Waals surface area (Å²) < 4.78 is 4.99. The molecule has 1 heterocycles. The molecule has 0 atom stereocenters. The second kappa shape index (κ2) is 4.53. The molecule has 80 valence electrons.